The maximum absolute atomic E-state index is 11.2. The van der Waals surface area contributed by atoms with Crippen molar-refractivity contribution in [3.05, 3.63) is 22.7 Å². The Kier molecular flexibility index (Phi) is 3.20. The molecule has 5 nitrogen and oxygen atoms in total. The second kappa shape index (κ2) is 4.89. The number of benzene rings is 1. The second-order valence-corrected chi connectivity index (χ2v) is 5.86. The number of rotatable bonds is 4. The number of hydrogen-bond donors (Lipinski definition) is 3. The number of fused-ring (bicyclic) bond motifs is 1. The zero-order valence-corrected chi connectivity index (χ0v) is 11.8. The van der Waals surface area contributed by atoms with E-state index in [1.807, 2.05) is 6.07 Å². The first-order valence-electron chi connectivity index (χ1n) is 7.28. The van der Waals surface area contributed by atoms with Gasteiger partial charge in [-0.1, -0.05) is 19.8 Å². The van der Waals surface area contributed by atoms with Crippen LogP contribution in [0.1, 0.15) is 39.0 Å². The predicted octanol–water partition coefficient (Wildman–Crippen LogP) is 3.09. The fraction of sp³-hybridized carbons (Fsp3) is 0.533. The second-order valence-electron chi connectivity index (χ2n) is 5.86. The highest BCUT2D eigenvalue weighted by atomic mass is 16.4. The van der Waals surface area contributed by atoms with E-state index in [0.717, 1.165) is 12.2 Å². The summed E-state index contributed by atoms with van der Waals surface area (Å²) in [7, 11) is 0. The standard InChI is InChI=1S/C15H21N3O2/c1-2-15(5-3-4-6-15)9-17-11-8-12-13(7-10(11)16)20-14(19)18-12/h7-8,17H,2-6,9,16H2,1H3,(H,18,19). The summed E-state index contributed by atoms with van der Waals surface area (Å²) in [5.74, 6) is -0.447. The molecule has 1 aliphatic rings. The van der Waals surface area contributed by atoms with Crippen LogP contribution in [0.5, 0.6) is 0 Å². The van der Waals surface area contributed by atoms with Crippen molar-refractivity contribution >= 4 is 22.5 Å². The topological polar surface area (TPSA) is 84.0 Å². The third kappa shape index (κ3) is 2.28. The van der Waals surface area contributed by atoms with Crippen LogP contribution in [0.25, 0.3) is 11.1 Å². The first-order chi connectivity index (χ1) is 9.62. The number of aromatic amines is 1. The number of H-pyrrole nitrogens is 1. The van der Waals surface area contributed by atoms with Crippen molar-refractivity contribution < 1.29 is 4.42 Å². The highest BCUT2D eigenvalue weighted by molar-refractivity contribution is 5.85. The van der Waals surface area contributed by atoms with Crippen molar-refractivity contribution in [2.24, 2.45) is 5.41 Å². The molecule has 0 unspecified atom stereocenters. The largest absolute Gasteiger partial charge is 0.417 e. The highest BCUT2D eigenvalue weighted by Gasteiger charge is 2.31. The number of oxazole rings is 1. The number of hydrogen-bond acceptors (Lipinski definition) is 4. The number of nitrogens with one attached hydrogen (secondary N) is 2. The molecule has 1 aliphatic carbocycles. The molecule has 0 radical (unpaired) electrons. The SMILES string of the molecule is CCC1(CNc2cc3[nH]c(=O)oc3cc2N)CCCC1. The summed E-state index contributed by atoms with van der Waals surface area (Å²) in [6, 6.07) is 3.55. The summed E-state index contributed by atoms with van der Waals surface area (Å²) >= 11 is 0. The molecule has 0 spiro atoms. The van der Waals surface area contributed by atoms with E-state index in [1.54, 1.807) is 6.07 Å². The van der Waals surface area contributed by atoms with E-state index in [4.69, 9.17) is 10.2 Å². The first kappa shape index (κ1) is 13.1. The van der Waals surface area contributed by atoms with Gasteiger partial charge in [-0.05, 0) is 30.7 Å². The third-order valence-electron chi connectivity index (χ3n) is 4.66. The molecule has 1 fully saturated rings. The van der Waals surface area contributed by atoms with Gasteiger partial charge in [0.2, 0.25) is 0 Å². The molecule has 0 bridgehead atoms. The van der Waals surface area contributed by atoms with Gasteiger partial charge < -0.3 is 15.5 Å². The zero-order chi connectivity index (χ0) is 14.2. The molecule has 1 aromatic heterocycles. The summed E-state index contributed by atoms with van der Waals surface area (Å²) in [6.45, 7) is 3.19. The molecule has 0 aliphatic heterocycles. The van der Waals surface area contributed by atoms with Gasteiger partial charge in [0, 0.05) is 12.6 Å². The van der Waals surface area contributed by atoms with Gasteiger partial charge in [-0.25, -0.2) is 4.79 Å². The number of nitrogen functional groups attached to an aromatic ring is 1. The Hall–Kier alpha value is -1.91. The minimum absolute atomic E-state index is 0.394. The summed E-state index contributed by atoms with van der Waals surface area (Å²) in [4.78, 5) is 13.9. The molecule has 0 amide bonds. The van der Waals surface area contributed by atoms with Crippen LogP contribution in [0, 0.1) is 5.41 Å². The Morgan fingerprint density at radius 2 is 2.15 bits per heavy atom. The fourth-order valence-corrected chi connectivity index (χ4v) is 3.23. The van der Waals surface area contributed by atoms with E-state index in [0.29, 0.717) is 22.2 Å². The molecule has 3 rings (SSSR count). The Morgan fingerprint density at radius 1 is 1.40 bits per heavy atom. The molecular weight excluding hydrogens is 254 g/mol. The lowest BCUT2D eigenvalue weighted by Gasteiger charge is -2.28. The molecule has 108 valence electrons. The summed E-state index contributed by atoms with van der Waals surface area (Å²) < 4.78 is 5.00. The molecule has 20 heavy (non-hydrogen) atoms. The maximum atomic E-state index is 11.2. The van der Waals surface area contributed by atoms with Crippen molar-refractivity contribution in [1.29, 1.82) is 0 Å². The van der Waals surface area contributed by atoms with Crippen LogP contribution in [0.4, 0.5) is 11.4 Å². The highest BCUT2D eigenvalue weighted by Crippen LogP contribution is 2.41. The van der Waals surface area contributed by atoms with Crippen LogP contribution in [-0.4, -0.2) is 11.5 Å². The third-order valence-corrected chi connectivity index (χ3v) is 4.66. The van der Waals surface area contributed by atoms with Crippen molar-refractivity contribution in [2.45, 2.75) is 39.0 Å². The Morgan fingerprint density at radius 3 is 2.85 bits per heavy atom. The molecule has 0 saturated heterocycles. The van der Waals surface area contributed by atoms with Gasteiger partial charge in [-0.15, -0.1) is 0 Å². The number of aromatic nitrogens is 1. The Balaban J connectivity index is 1.83. The van der Waals surface area contributed by atoms with E-state index < -0.39 is 5.76 Å². The van der Waals surface area contributed by atoms with Crippen LogP contribution in [0.15, 0.2) is 21.3 Å². The molecule has 1 saturated carbocycles. The monoisotopic (exact) mass is 275 g/mol. The van der Waals surface area contributed by atoms with Crippen LogP contribution < -0.4 is 16.8 Å². The van der Waals surface area contributed by atoms with Gasteiger partial charge in [-0.2, -0.15) is 0 Å². The molecule has 1 aromatic carbocycles. The Bertz CT molecular complexity index is 665. The number of nitrogens with two attached hydrogens (primary N) is 1. The summed E-state index contributed by atoms with van der Waals surface area (Å²) in [5, 5.41) is 3.46. The molecule has 5 heteroatoms. The van der Waals surface area contributed by atoms with Crippen LogP contribution >= 0.6 is 0 Å². The quantitative estimate of drug-likeness (QED) is 0.749. The molecular formula is C15H21N3O2. The van der Waals surface area contributed by atoms with Crippen molar-refractivity contribution in [1.82, 2.24) is 4.98 Å². The average molecular weight is 275 g/mol. The lowest BCUT2D eigenvalue weighted by Crippen LogP contribution is -2.26. The van der Waals surface area contributed by atoms with Gasteiger partial charge in [-0.3, -0.25) is 4.98 Å². The summed E-state index contributed by atoms with van der Waals surface area (Å²) in [6.07, 6.45) is 6.38. The smallest absolute Gasteiger partial charge is 0.408 e. The van der Waals surface area contributed by atoms with E-state index in [9.17, 15) is 4.79 Å². The number of anilines is 2. The van der Waals surface area contributed by atoms with E-state index in [2.05, 4.69) is 17.2 Å². The van der Waals surface area contributed by atoms with Crippen LogP contribution in [0.2, 0.25) is 0 Å². The predicted molar refractivity (Wildman–Crippen MR) is 80.9 cm³/mol. The van der Waals surface area contributed by atoms with E-state index in [-0.39, 0.29) is 0 Å². The van der Waals surface area contributed by atoms with Crippen molar-refractivity contribution in [3.8, 4) is 0 Å². The molecule has 4 N–H and O–H groups in total. The van der Waals surface area contributed by atoms with E-state index >= 15 is 0 Å². The molecule has 1 heterocycles. The van der Waals surface area contributed by atoms with Crippen LogP contribution in [-0.2, 0) is 0 Å². The first-order valence-corrected chi connectivity index (χ1v) is 7.28. The minimum Gasteiger partial charge on any atom is -0.408 e. The maximum Gasteiger partial charge on any atom is 0.417 e. The lowest BCUT2D eigenvalue weighted by atomic mass is 9.83. The van der Waals surface area contributed by atoms with E-state index in [1.165, 1.54) is 32.1 Å². The average Bonchev–Trinajstić information content (AvgIpc) is 3.02. The lowest BCUT2D eigenvalue weighted by molar-refractivity contribution is 0.307. The summed E-state index contributed by atoms with van der Waals surface area (Å²) in [5.41, 5.74) is 9.09. The normalized spacial score (nSPS) is 17.6. The zero-order valence-electron chi connectivity index (χ0n) is 11.8. The van der Waals surface area contributed by atoms with Crippen molar-refractivity contribution in [2.75, 3.05) is 17.6 Å². The van der Waals surface area contributed by atoms with Gasteiger partial charge in [0.05, 0.1) is 16.9 Å². The van der Waals surface area contributed by atoms with Gasteiger partial charge >= 0.3 is 5.76 Å². The van der Waals surface area contributed by atoms with Crippen LogP contribution in [0.3, 0.4) is 0 Å². The fourth-order valence-electron chi connectivity index (χ4n) is 3.23. The van der Waals surface area contributed by atoms with Gasteiger partial charge in [0.25, 0.3) is 0 Å². The van der Waals surface area contributed by atoms with Gasteiger partial charge in [0.15, 0.2) is 5.58 Å². The molecule has 2 aromatic rings. The van der Waals surface area contributed by atoms with Gasteiger partial charge in [0.1, 0.15) is 0 Å². The van der Waals surface area contributed by atoms with Crippen molar-refractivity contribution in [3.63, 3.8) is 0 Å². The Labute approximate surface area is 117 Å². The minimum atomic E-state index is -0.447. The molecule has 0 atom stereocenters.